The molecule has 0 spiro atoms. The Hall–Kier alpha value is -1.43. The van der Waals surface area contributed by atoms with E-state index in [2.05, 4.69) is 31.3 Å². The topological polar surface area (TPSA) is 54.4 Å². The molecule has 3 rings (SSSR count). The second-order valence-corrected chi connectivity index (χ2v) is 7.62. The van der Waals surface area contributed by atoms with Crippen molar-refractivity contribution in [1.82, 2.24) is 10.3 Å². The summed E-state index contributed by atoms with van der Waals surface area (Å²) >= 11 is 1.76. The van der Waals surface area contributed by atoms with Crippen molar-refractivity contribution in [2.75, 3.05) is 7.11 Å². The van der Waals surface area contributed by atoms with E-state index in [1.165, 1.54) is 4.88 Å². The van der Waals surface area contributed by atoms with Gasteiger partial charge in [-0.1, -0.05) is 0 Å². The Bertz CT molecular complexity index is 661. The van der Waals surface area contributed by atoms with Gasteiger partial charge < -0.3 is 15.2 Å². The second kappa shape index (κ2) is 7.64. The number of hydrogen-bond acceptors (Lipinski definition) is 5. The maximum atomic E-state index is 9.64. The molecule has 1 saturated carbocycles. The lowest BCUT2D eigenvalue weighted by Gasteiger charge is -2.28. The van der Waals surface area contributed by atoms with Crippen molar-refractivity contribution in [2.45, 2.75) is 57.7 Å². The first-order chi connectivity index (χ1) is 11.6. The Kier molecular flexibility index (Phi) is 5.54. The minimum absolute atomic E-state index is 0.106. The van der Waals surface area contributed by atoms with Crippen molar-refractivity contribution in [2.24, 2.45) is 0 Å². The molecular formula is C19H26N2O2S. The van der Waals surface area contributed by atoms with E-state index < -0.39 is 0 Å². The van der Waals surface area contributed by atoms with Gasteiger partial charge in [0, 0.05) is 22.5 Å². The molecule has 1 aromatic heterocycles. The summed E-state index contributed by atoms with van der Waals surface area (Å²) in [6.45, 7) is 4.30. The molecule has 1 unspecified atom stereocenters. The predicted octanol–water partition coefficient (Wildman–Crippen LogP) is 4.08. The number of aliphatic hydroxyl groups excluding tert-OH is 1. The zero-order chi connectivity index (χ0) is 17.1. The number of aryl methyl sites for hydroxylation is 1. The van der Waals surface area contributed by atoms with Crippen molar-refractivity contribution in [3.05, 3.63) is 34.8 Å². The van der Waals surface area contributed by atoms with Gasteiger partial charge in [0.1, 0.15) is 10.8 Å². The predicted molar refractivity (Wildman–Crippen MR) is 98.7 cm³/mol. The molecule has 2 aromatic rings. The molecule has 1 aliphatic rings. The highest BCUT2D eigenvalue weighted by molar-refractivity contribution is 7.15. The van der Waals surface area contributed by atoms with Gasteiger partial charge in [0.05, 0.1) is 18.9 Å². The SMILES string of the molecule is COc1ccc(-c2nc(C)c(C(C)NC3CCC(O)CC3)s2)cc1. The van der Waals surface area contributed by atoms with Crippen LogP contribution in [-0.4, -0.2) is 29.3 Å². The highest BCUT2D eigenvalue weighted by Crippen LogP contribution is 2.33. The summed E-state index contributed by atoms with van der Waals surface area (Å²) in [5, 5.41) is 14.4. The summed E-state index contributed by atoms with van der Waals surface area (Å²) in [6, 6.07) is 8.84. The van der Waals surface area contributed by atoms with Crippen LogP contribution in [0.4, 0.5) is 0 Å². The standard InChI is InChI=1S/C19H26N2O2S/c1-12(20-15-6-8-16(22)9-7-15)18-13(2)21-19(24-18)14-4-10-17(23-3)11-5-14/h4-5,10-12,15-16,20,22H,6-9H2,1-3H3. The van der Waals surface area contributed by atoms with Crippen LogP contribution in [0.1, 0.15) is 49.2 Å². The third-order valence-corrected chi connectivity index (χ3v) is 6.13. The normalized spacial score (nSPS) is 22.3. The maximum absolute atomic E-state index is 9.64. The van der Waals surface area contributed by atoms with E-state index in [0.29, 0.717) is 6.04 Å². The van der Waals surface area contributed by atoms with Gasteiger partial charge in [-0.25, -0.2) is 4.98 Å². The number of aromatic nitrogens is 1. The van der Waals surface area contributed by atoms with Gasteiger partial charge in [-0.15, -0.1) is 11.3 Å². The van der Waals surface area contributed by atoms with Crippen LogP contribution in [0.3, 0.4) is 0 Å². The van der Waals surface area contributed by atoms with E-state index in [9.17, 15) is 5.11 Å². The van der Waals surface area contributed by atoms with Crippen molar-refractivity contribution in [1.29, 1.82) is 0 Å². The lowest BCUT2D eigenvalue weighted by Crippen LogP contribution is -2.36. The molecule has 0 bridgehead atoms. The van der Waals surface area contributed by atoms with E-state index in [4.69, 9.17) is 9.72 Å². The molecule has 24 heavy (non-hydrogen) atoms. The average molecular weight is 346 g/mol. The molecule has 1 aromatic carbocycles. The fourth-order valence-electron chi connectivity index (χ4n) is 3.34. The molecule has 0 amide bonds. The van der Waals surface area contributed by atoms with E-state index in [1.807, 2.05) is 12.1 Å². The van der Waals surface area contributed by atoms with E-state index in [1.54, 1.807) is 18.4 Å². The Morgan fingerprint density at radius 3 is 2.50 bits per heavy atom. The van der Waals surface area contributed by atoms with Crippen molar-refractivity contribution in [3.63, 3.8) is 0 Å². The third-order valence-electron chi connectivity index (χ3n) is 4.75. The molecule has 0 aliphatic heterocycles. The van der Waals surface area contributed by atoms with Crippen LogP contribution in [-0.2, 0) is 0 Å². The highest BCUT2D eigenvalue weighted by atomic mass is 32.1. The van der Waals surface area contributed by atoms with Gasteiger partial charge in [0.15, 0.2) is 0 Å². The third kappa shape index (κ3) is 3.97. The van der Waals surface area contributed by atoms with Crippen molar-refractivity contribution < 1.29 is 9.84 Å². The first kappa shape index (κ1) is 17.4. The molecule has 4 nitrogen and oxygen atoms in total. The summed E-state index contributed by atoms with van der Waals surface area (Å²) in [4.78, 5) is 6.06. The van der Waals surface area contributed by atoms with Gasteiger partial charge in [-0.2, -0.15) is 0 Å². The number of thiazole rings is 1. The van der Waals surface area contributed by atoms with Crippen LogP contribution in [0, 0.1) is 6.92 Å². The number of benzene rings is 1. The van der Waals surface area contributed by atoms with Gasteiger partial charge >= 0.3 is 0 Å². The minimum atomic E-state index is -0.106. The molecule has 0 radical (unpaired) electrons. The van der Waals surface area contributed by atoms with Crippen molar-refractivity contribution >= 4 is 11.3 Å². The Morgan fingerprint density at radius 1 is 1.21 bits per heavy atom. The van der Waals surface area contributed by atoms with E-state index in [0.717, 1.165) is 47.7 Å². The summed E-state index contributed by atoms with van der Waals surface area (Å²) in [5.41, 5.74) is 2.23. The lowest BCUT2D eigenvalue weighted by molar-refractivity contribution is 0.114. The van der Waals surface area contributed by atoms with Gasteiger partial charge in [-0.05, 0) is 63.8 Å². The van der Waals surface area contributed by atoms with Crippen molar-refractivity contribution in [3.8, 4) is 16.3 Å². The summed E-state index contributed by atoms with van der Waals surface area (Å²) < 4.78 is 5.22. The van der Waals surface area contributed by atoms with Crippen LogP contribution in [0.2, 0.25) is 0 Å². The van der Waals surface area contributed by atoms with Crippen LogP contribution < -0.4 is 10.1 Å². The number of ether oxygens (including phenoxy) is 1. The number of nitrogens with zero attached hydrogens (tertiary/aromatic N) is 1. The summed E-state index contributed by atoms with van der Waals surface area (Å²) in [6.07, 6.45) is 3.81. The molecule has 5 heteroatoms. The molecule has 1 aliphatic carbocycles. The van der Waals surface area contributed by atoms with Crippen LogP contribution >= 0.6 is 11.3 Å². The largest absolute Gasteiger partial charge is 0.497 e. The van der Waals surface area contributed by atoms with E-state index >= 15 is 0 Å². The molecule has 0 saturated heterocycles. The van der Waals surface area contributed by atoms with Gasteiger partial charge in [-0.3, -0.25) is 0 Å². The molecule has 130 valence electrons. The smallest absolute Gasteiger partial charge is 0.123 e. The number of hydrogen-bond donors (Lipinski definition) is 2. The van der Waals surface area contributed by atoms with E-state index in [-0.39, 0.29) is 12.1 Å². The zero-order valence-corrected chi connectivity index (χ0v) is 15.4. The number of nitrogens with one attached hydrogen (secondary N) is 1. The monoisotopic (exact) mass is 346 g/mol. The maximum Gasteiger partial charge on any atom is 0.123 e. The first-order valence-corrected chi connectivity index (χ1v) is 9.44. The Morgan fingerprint density at radius 2 is 1.88 bits per heavy atom. The van der Waals surface area contributed by atoms with Crippen LogP contribution in [0.15, 0.2) is 24.3 Å². The first-order valence-electron chi connectivity index (χ1n) is 8.62. The number of methoxy groups -OCH3 is 1. The fraction of sp³-hybridized carbons (Fsp3) is 0.526. The second-order valence-electron chi connectivity index (χ2n) is 6.59. The molecule has 2 N–H and O–H groups in total. The highest BCUT2D eigenvalue weighted by Gasteiger charge is 2.23. The molecule has 1 fully saturated rings. The Labute approximate surface area is 147 Å². The molecular weight excluding hydrogens is 320 g/mol. The molecule has 1 heterocycles. The number of rotatable bonds is 5. The number of aliphatic hydroxyl groups is 1. The minimum Gasteiger partial charge on any atom is -0.497 e. The quantitative estimate of drug-likeness (QED) is 0.856. The van der Waals surface area contributed by atoms with Crippen LogP contribution in [0.5, 0.6) is 5.75 Å². The average Bonchev–Trinajstić information content (AvgIpc) is 2.99. The summed E-state index contributed by atoms with van der Waals surface area (Å²) in [5.74, 6) is 0.863. The Balaban J connectivity index is 1.70. The summed E-state index contributed by atoms with van der Waals surface area (Å²) in [7, 11) is 1.68. The molecule has 1 atom stereocenters. The van der Waals surface area contributed by atoms with Gasteiger partial charge in [0.25, 0.3) is 0 Å². The lowest BCUT2D eigenvalue weighted by atomic mass is 9.92. The van der Waals surface area contributed by atoms with Gasteiger partial charge in [0.2, 0.25) is 0 Å². The zero-order valence-electron chi connectivity index (χ0n) is 14.6. The fourth-order valence-corrected chi connectivity index (χ4v) is 4.42. The van der Waals surface area contributed by atoms with Crippen LogP contribution in [0.25, 0.3) is 10.6 Å².